The fourth-order valence-electron chi connectivity index (χ4n) is 3.38. The van der Waals surface area contributed by atoms with Gasteiger partial charge in [-0.1, -0.05) is 6.07 Å². The number of pyridine rings is 3. The van der Waals surface area contributed by atoms with E-state index >= 15 is 0 Å². The molecule has 0 unspecified atom stereocenters. The lowest BCUT2D eigenvalue weighted by Gasteiger charge is -2.36. The van der Waals surface area contributed by atoms with Crippen molar-refractivity contribution in [1.29, 1.82) is 10.5 Å². The highest BCUT2D eigenvalue weighted by Crippen LogP contribution is 2.39. The predicted octanol–water partition coefficient (Wildman–Crippen LogP) is 3.70. The van der Waals surface area contributed by atoms with Crippen molar-refractivity contribution >= 4 is 17.6 Å². The number of rotatable bonds is 8. The van der Waals surface area contributed by atoms with E-state index in [-0.39, 0.29) is 47.0 Å². The second-order valence-electron chi connectivity index (χ2n) is 7.52. The van der Waals surface area contributed by atoms with Crippen LogP contribution in [-0.2, 0) is 5.75 Å². The molecule has 1 saturated heterocycles. The fraction of sp³-hybridized carbons (Fsp3) is 0.261. The number of aliphatic hydroxyl groups excluding tert-OH is 1. The van der Waals surface area contributed by atoms with Gasteiger partial charge in [-0.15, -0.1) is 11.8 Å². The van der Waals surface area contributed by atoms with E-state index < -0.39 is 18.9 Å². The molecule has 12 heteroatoms. The highest BCUT2D eigenvalue weighted by Gasteiger charge is 2.33. The minimum Gasteiger partial charge on any atom is -0.429 e. The Hall–Kier alpha value is -3.87. The summed E-state index contributed by atoms with van der Waals surface area (Å²) in [5, 5.41) is 28.9. The zero-order valence-corrected chi connectivity index (χ0v) is 18.8. The van der Waals surface area contributed by atoms with Crippen LogP contribution in [0.2, 0.25) is 0 Å². The molecule has 1 fully saturated rings. The molecule has 0 saturated carbocycles. The van der Waals surface area contributed by atoms with Gasteiger partial charge in [0.1, 0.15) is 47.1 Å². The molecule has 0 aliphatic carbocycles. The summed E-state index contributed by atoms with van der Waals surface area (Å²) in [6.45, 7) is -1.41. The lowest BCUT2D eigenvalue weighted by atomic mass is 9.99. The maximum Gasteiger partial charge on any atom is 0.421 e. The van der Waals surface area contributed by atoms with Crippen molar-refractivity contribution in [3.05, 3.63) is 59.5 Å². The first kappa shape index (κ1) is 24.3. The van der Waals surface area contributed by atoms with Crippen molar-refractivity contribution in [2.45, 2.75) is 23.1 Å². The van der Waals surface area contributed by atoms with Crippen molar-refractivity contribution in [1.82, 2.24) is 15.0 Å². The van der Waals surface area contributed by atoms with Gasteiger partial charge in [-0.05, 0) is 23.8 Å². The molecule has 8 nitrogen and oxygen atoms in total. The first-order chi connectivity index (χ1) is 16.8. The van der Waals surface area contributed by atoms with Crippen LogP contribution >= 0.6 is 11.8 Å². The van der Waals surface area contributed by atoms with E-state index in [9.17, 15) is 23.7 Å². The average Bonchev–Trinajstić information content (AvgIpc) is 2.85. The number of thioether (sulfide) groups is 1. The maximum atomic E-state index is 13.6. The van der Waals surface area contributed by atoms with Crippen LogP contribution in [-0.4, -0.2) is 52.0 Å². The summed E-state index contributed by atoms with van der Waals surface area (Å²) in [5.74, 6) is 0.342. The minimum absolute atomic E-state index is 0.0287. The molecule has 0 aromatic carbocycles. The lowest BCUT2D eigenvalue weighted by molar-refractivity contribution is -0.201. The van der Waals surface area contributed by atoms with Crippen LogP contribution < -0.4 is 9.64 Å². The van der Waals surface area contributed by atoms with E-state index in [0.29, 0.717) is 10.8 Å². The SMILES string of the molecule is N#Cc1c(SCc2cccnc2)nc(N2CC(F)C2)c(C#N)c1-c1ccc(OC(F)(F)CO)cn1. The third-order valence-corrected chi connectivity index (χ3v) is 6.09. The van der Waals surface area contributed by atoms with Gasteiger partial charge >= 0.3 is 6.11 Å². The number of anilines is 1. The van der Waals surface area contributed by atoms with Gasteiger partial charge in [0.15, 0.2) is 0 Å². The van der Waals surface area contributed by atoms with Gasteiger partial charge in [0.2, 0.25) is 0 Å². The van der Waals surface area contributed by atoms with Gasteiger partial charge < -0.3 is 14.7 Å². The molecule has 1 aliphatic rings. The number of halogens is 3. The van der Waals surface area contributed by atoms with Crippen LogP contribution in [0.5, 0.6) is 5.75 Å². The number of hydrogen-bond acceptors (Lipinski definition) is 9. The van der Waals surface area contributed by atoms with Gasteiger partial charge in [-0.2, -0.15) is 19.3 Å². The van der Waals surface area contributed by atoms with Crippen LogP contribution in [0.3, 0.4) is 0 Å². The number of aliphatic hydroxyl groups is 1. The first-order valence-electron chi connectivity index (χ1n) is 10.3. The molecule has 1 N–H and O–H groups in total. The number of nitriles is 2. The second-order valence-corrected chi connectivity index (χ2v) is 8.48. The normalized spacial score (nSPS) is 13.6. The number of ether oxygens (including phenoxy) is 1. The third-order valence-electron chi connectivity index (χ3n) is 5.05. The van der Waals surface area contributed by atoms with E-state index in [1.807, 2.05) is 12.1 Å². The van der Waals surface area contributed by atoms with Crippen LogP contribution in [0.1, 0.15) is 16.7 Å². The molecule has 3 aromatic heterocycles. The fourth-order valence-corrected chi connectivity index (χ4v) is 4.29. The van der Waals surface area contributed by atoms with Crippen LogP contribution in [0.25, 0.3) is 11.3 Å². The van der Waals surface area contributed by atoms with Crippen molar-refractivity contribution in [2.24, 2.45) is 0 Å². The third kappa shape index (κ3) is 5.29. The number of aromatic nitrogens is 3. The molecule has 4 heterocycles. The maximum absolute atomic E-state index is 13.6. The minimum atomic E-state index is -3.79. The number of hydrogen-bond donors (Lipinski definition) is 1. The van der Waals surface area contributed by atoms with E-state index in [1.54, 1.807) is 23.4 Å². The topological polar surface area (TPSA) is 119 Å². The summed E-state index contributed by atoms with van der Waals surface area (Å²) < 4.78 is 44.7. The van der Waals surface area contributed by atoms with Gasteiger partial charge in [0, 0.05) is 23.7 Å². The molecule has 3 aromatic rings. The molecule has 0 atom stereocenters. The smallest absolute Gasteiger partial charge is 0.421 e. The van der Waals surface area contributed by atoms with Gasteiger partial charge in [-0.25, -0.2) is 9.37 Å². The average molecular weight is 498 g/mol. The number of nitrogens with zero attached hydrogens (tertiary/aromatic N) is 6. The summed E-state index contributed by atoms with van der Waals surface area (Å²) in [6.07, 6.45) is -0.533. The highest BCUT2D eigenvalue weighted by molar-refractivity contribution is 7.98. The van der Waals surface area contributed by atoms with Crippen LogP contribution in [0.4, 0.5) is 19.0 Å². The Bertz CT molecular complexity index is 1290. The van der Waals surface area contributed by atoms with Gasteiger partial charge in [0.05, 0.1) is 30.5 Å². The molecule has 0 amide bonds. The van der Waals surface area contributed by atoms with E-state index in [2.05, 4.69) is 25.8 Å². The summed E-state index contributed by atoms with van der Waals surface area (Å²) in [5.41, 5.74) is 1.31. The van der Waals surface area contributed by atoms with Crippen LogP contribution in [0.15, 0.2) is 47.9 Å². The molecule has 1 aliphatic heterocycles. The Balaban J connectivity index is 1.79. The largest absolute Gasteiger partial charge is 0.429 e. The van der Waals surface area contributed by atoms with E-state index in [4.69, 9.17) is 5.11 Å². The van der Waals surface area contributed by atoms with E-state index in [1.165, 1.54) is 23.9 Å². The monoisotopic (exact) mass is 498 g/mol. The summed E-state index contributed by atoms with van der Waals surface area (Å²) in [7, 11) is 0. The lowest BCUT2D eigenvalue weighted by Crippen LogP contribution is -2.49. The molecule has 0 spiro atoms. The van der Waals surface area contributed by atoms with Gasteiger partial charge in [-0.3, -0.25) is 9.97 Å². The summed E-state index contributed by atoms with van der Waals surface area (Å²) >= 11 is 1.25. The Labute approximate surface area is 202 Å². The molecule has 178 valence electrons. The molecular formula is C23H17F3N6O2S. The summed E-state index contributed by atoms with van der Waals surface area (Å²) in [4.78, 5) is 14.3. The van der Waals surface area contributed by atoms with Crippen molar-refractivity contribution in [2.75, 3.05) is 24.6 Å². The van der Waals surface area contributed by atoms with E-state index in [0.717, 1.165) is 11.8 Å². The standard InChI is InChI=1S/C23H17F3N6O2S/c24-15-10-32(11-15)21-17(6-27)20(19-4-3-16(9-30-19)34-23(25,26)13-33)18(7-28)22(31-21)35-12-14-2-1-5-29-8-14/h1-5,8-9,15,33H,10-13H2. The zero-order chi connectivity index (χ0) is 25.0. The van der Waals surface area contributed by atoms with Crippen LogP contribution in [0, 0.1) is 22.7 Å². The highest BCUT2D eigenvalue weighted by atomic mass is 32.2. The van der Waals surface area contributed by atoms with Crippen molar-refractivity contribution in [3.63, 3.8) is 0 Å². The molecular weight excluding hydrogens is 481 g/mol. The van der Waals surface area contributed by atoms with Gasteiger partial charge in [0.25, 0.3) is 0 Å². The number of alkyl halides is 3. The Kier molecular flexibility index (Phi) is 7.05. The second kappa shape index (κ2) is 10.2. The zero-order valence-electron chi connectivity index (χ0n) is 18.0. The molecule has 4 rings (SSSR count). The molecule has 0 radical (unpaired) electrons. The first-order valence-corrected chi connectivity index (χ1v) is 11.3. The Morgan fingerprint density at radius 1 is 1.17 bits per heavy atom. The van der Waals surface area contributed by atoms with Crippen molar-refractivity contribution in [3.8, 4) is 29.1 Å². The predicted molar refractivity (Wildman–Crippen MR) is 120 cm³/mol. The van der Waals surface area contributed by atoms with Crippen molar-refractivity contribution < 1.29 is 23.0 Å². The Morgan fingerprint density at radius 3 is 2.51 bits per heavy atom. The summed E-state index contributed by atoms with van der Waals surface area (Å²) in [6, 6.07) is 10.3. The molecule has 0 bridgehead atoms. The Morgan fingerprint density at radius 2 is 1.94 bits per heavy atom. The molecule has 35 heavy (non-hydrogen) atoms. The quantitative estimate of drug-likeness (QED) is 0.464.